The molecule has 0 aliphatic rings. The van der Waals surface area contributed by atoms with Crippen molar-refractivity contribution in [2.75, 3.05) is 7.11 Å². The lowest BCUT2D eigenvalue weighted by Crippen LogP contribution is -1.93. The molecule has 0 amide bonds. The van der Waals surface area contributed by atoms with Crippen molar-refractivity contribution in [1.29, 1.82) is 0 Å². The van der Waals surface area contributed by atoms with Gasteiger partial charge < -0.3 is 4.74 Å². The summed E-state index contributed by atoms with van der Waals surface area (Å²) in [5.41, 5.74) is 0. The first-order valence-corrected chi connectivity index (χ1v) is 2.72. The van der Waals surface area contributed by atoms with Crippen molar-refractivity contribution in [1.82, 2.24) is 14.8 Å². The van der Waals surface area contributed by atoms with Crippen molar-refractivity contribution in [3.63, 3.8) is 0 Å². The van der Waals surface area contributed by atoms with Crippen LogP contribution in [0.25, 0.3) is 0 Å². The maximum absolute atomic E-state index is 5.52. The van der Waals surface area contributed by atoms with E-state index in [9.17, 15) is 0 Å². The molecule has 0 atom stereocenters. The SMILES string of the molecule is COc1nnc(Cl)n1C. The molecule has 0 spiro atoms. The Hall–Kier alpha value is -0.770. The number of hydrogen-bond donors (Lipinski definition) is 0. The Morgan fingerprint density at radius 2 is 2.22 bits per heavy atom. The van der Waals surface area contributed by atoms with Crippen LogP contribution in [0, 0.1) is 0 Å². The van der Waals surface area contributed by atoms with Gasteiger partial charge in [0.15, 0.2) is 0 Å². The van der Waals surface area contributed by atoms with E-state index in [1.165, 1.54) is 7.11 Å². The summed E-state index contributed by atoms with van der Waals surface area (Å²) in [6.45, 7) is 0. The van der Waals surface area contributed by atoms with Crippen LogP contribution in [0.15, 0.2) is 0 Å². The second-order valence-corrected chi connectivity index (χ2v) is 1.85. The Morgan fingerprint density at radius 3 is 2.44 bits per heavy atom. The van der Waals surface area contributed by atoms with Gasteiger partial charge >= 0.3 is 6.01 Å². The van der Waals surface area contributed by atoms with E-state index >= 15 is 0 Å². The maximum Gasteiger partial charge on any atom is 0.317 e. The molecule has 0 bridgehead atoms. The third kappa shape index (κ3) is 0.977. The molecule has 5 heteroatoms. The molecule has 50 valence electrons. The van der Waals surface area contributed by atoms with Crippen LogP contribution in [0.5, 0.6) is 6.01 Å². The molecule has 0 unspecified atom stereocenters. The van der Waals surface area contributed by atoms with Gasteiger partial charge in [0.25, 0.3) is 0 Å². The second-order valence-electron chi connectivity index (χ2n) is 1.51. The third-order valence-corrected chi connectivity index (χ3v) is 1.29. The van der Waals surface area contributed by atoms with Crippen LogP contribution in [0.3, 0.4) is 0 Å². The Bertz CT molecular complexity index is 210. The molecule has 0 aliphatic carbocycles. The fourth-order valence-corrected chi connectivity index (χ4v) is 0.585. The Kier molecular flexibility index (Phi) is 1.57. The van der Waals surface area contributed by atoms with Gasteiger partial charge in [0.05, 0.1) is 7.11 Å². The highest BCUT2D eigenvalue weighted by molar-refractivity contribution is 6.28. The van der Waals surface area contributed by atoms with Gasteiger partial charge in [0, 0.05) is 7.05 Å². The molecular formula is C4H6ClN3O. The minimum absolute atomic E-state index is 0.326. The van der Waals surface area contributed by atoms with E-state index in [-0.39, 0.29) is 0 Å². The lowest BCUT2D eigenvalue weighted by molar-refractivity contribution is 0.364. The van der Waals surface area contributed by atoms with Crippen molar-refractivity contribution in [2.45, 2.75) is 0 Å². The Labute approximate surface area is 57.4 Å². The van der Waals surface area contributed by atoms with E-state index in [0.717, 1.165) is 0 Å². The zero-order valence-corrected chi connectivity index (χ0v) is 5.88. The highest BCUT2D eigenvalue weighted by Gasteiger charge is 2.03. The Morgan fingerprint density at radius 1 is 1.56 bits per heavy atom. The van der Waals surface area contributed by atoms with Gasteiger partial charge in [-0.3, -0.25) is 4.57 Å². The first-order chi connectivity index (χ1) is 4.25. The first-order valence-electron chi connectivity index (χ1n) is 2.34. The van der Waals surface area contributed by atoms with Crippen molar-refractivity contribution in [3.05, 3.63) is 5.28 Å². The molecule has 0 saturated heterocycles. The summed E-state index contributed by atoms with van der Waals surface area (Å²) in [6, 6.07) is 0.417. The van der Waals surface area contributed by atoms with Gasteiger partial charge in [0.1, 0.15) is 0 Å². The Balaban J connectivity index is 3.04. The molecule has 1 heterocycles. The predicted octanol–water partition coefficient (Wildman–Crippen LogP) is 0.477. The standard InChI is InChI=1S/C4H6ClN3O/c1-8-3(5)6-7-4(8)9-2/h1-2H3. The third-order valence-electron chi connectivity index (χ3n) is 0.964. The average Bonchev–Trinajstić information content (AvgIpc) is 2.15. The van der Waals surface area contributed by atoms with Crippen molar-refractivity contribution in [2.24, 2.45) is 7.05 Å². The zero-order valence-electron chi connectivity index (χ0n) is 5.13. The fraction of sp³-hybridized carbons (Fsp3) is 0.500. The topological polar surface area (TPSA) is 39.9 Å². The summed E-state index contributed by atoms with van der Waals surface area (Å²) in [7, 11) is 3.24. The van der Waals surface area contributed by atoms with Crippen LogP contribution in [-0.2, 0) is 7.05 Å². The van der Waals surface area contributed by atoms with E-state index in [2.05, 4.69) is 10.2 Å². The number of hydrogen-bond acceptors (Lipinski definition) is 3. The molecule has 1 aromatic heterocycles. The quantitative estimate of drug-likeness (QED) is 0.580. The first kappa shape index (κ1) is 6.35. The van der Waals surface area contributed by atoms with Gasteiger partial charge in [0.2, 0.25) is 5.28 Å². The maximum atomic E-state index is 5.52. The molecule has 0 N–H and O–H groups in total. The van der Waals surface area contributed by atoms with E-state index < -0.39 is 0 Å². The van der Waals surface area contributed by atoms with Crippen molar-refractivity contribution >= 4 is 11.6 Å². The largest absolute Gasteiger partial charge is 0.467 e. The normalized spacial score (nSPS) is 9.67. The number of halogens is 1. The molecule has 0 aliphatic heterocycles. The van der Waals surface area contributed by atoms with Gasteiger partial charge in [-0.05, 0) is 11.6 Å². The minimum atomic E-state index is 0.326. The van der Waals surface area contributed by atoms with Crippen LogP contribution >= 0.6 is 11.6 Å². The summed E-state index contributed by atoms with van der Waals surface area (Å²) < 4.78 is 6.31. The summed E-state index contributed by atoms with van der Waals surface area (Å²) in [6.07, 6.45) is 0. The summed E-state index contributed by atoms with van der Waals surface area (Å²) in [4.78, 5) is 0. The molecule has 0 saturated carbocycles. The fourth-order valence-electron chi connectivity index (χ4n) is 0.475. The van der Waals surface area contributed by atoms with E-state index in [1.54, 1.807) is 11.6 Å². The number of rotatable bonds is 1. The monoisotopic (exact) mass is 147 g/mol. The number of aromatic nitrogens is 3. The van der Waals surface area contributed by atoms with Gasteiger partial charge in [-0.2, -0.15) is 0 Å². The van der Waals surface area contributed by atoms with E-state index in [0.29, 0.717) is 11.3 Å². The second kappa shape index (κ2) is 2.23. The number of ether oxygens (including phenoxy) is 1. The van der Waals surface area contributed by atoms with E-state index in [4.69, 9.17) is 16.3 Å². The minimum Gasteiger partial charge on any atom is -0.467 e. The lowest BCUT2D eigenvalue weighted by atomic mass is 11.0. The molecule has 0 aromatic carbocycles. The summed E-state index contributed by atoms with van der Waals surface area (Å²) in [5, 5.41) is 7.46. The van der Waals surface area contributed by atoms with Crippen molar-refractivity contribution in [3.8, 4) is 6.01 Å². The van der Waals surface area contributed by atoms with Crippen LogP contribution in [0.2, 0.25) is 5.28 Å². The molecule has 0 fully saturated rings. The molecule has 1 rings (SSSR count). The molecule has 4 nitrogen and oxygen atoms in total. The average molecular weight is 148 g/mol. The summed E-state index contributed by atoms with van der Waals surface area (Å²) in [5.74, 6) is 0. The van der Waals surface area contributed by atoms with Crippen molar-refractivity contribution < 1.29 is 4.74 Å². The van der Waals surface area contributed by atoms with Crippen LogP contribution in [-0.4, -0.2) is 21.9 Å². The van der Waals surface area contributed by atoms with Crippen LogP contribution < -0.4 is 4.74 Å². The van der Waals surface area contributed by atoms with Gasteiger partial charge in [-0.25, -0.2) is 0 Å². The van der Waals surface area contributed by atoms with Gasteiger partial charge in [-0.1, -0.05) is 5.10 Å². The summed E-state index contributed by atoms with van der Waals surface area (Å²) >= 11 is 5.52. The highest BCUT2D eigenvalue weighted by atomic mass is 35.5. The number of nitrogens with zero attached hydrogens (tertiary/aromatic N) is 3. The number of methoxy groups -OCH3 is 1. The van der Waals surface area contributed by atoms with Crippen LogP contribution in [0.4, 0.5) is 0 Å². The predicted molar refractivity (Wildman–Crippen MR) is 32.6 cm³/mol. The lowest BCUT2D eigenvalue weighted by Gasteiger charge is -1.94. The molecule has 9 heavy (non-hydrogen) atoms. The zero-order chi connectivity index (χ0) is 6.85. The highest BCUT2D eigenvalue weighted by Crippen LogP contribution is 2.09. The smallest absolute Gasteiger partial charge is 0.317 e. The van der Waals surface area contributed by atoms with Gasteiger partial charge in [-0.15, -0.1) is 5.10 Å². The molecular weight excluding hydrogens is 142 g/mol. The molecule has 1 aromatic rings. The van der Waals surface area contributed by atoms with Crippen LogP contribution in [0.1, 0.15) is 0 Å². The van der Waals surface area contributed by atoms with E-state index in [1.807, 2.05) is 0 Å². The molecule has 0 radical (unpaired) electrons.